The molecule has 1 unspecified atom stereocenters. The van der Waals surface area contributed by atoms with E-state index in [2.05, 4.69) is 17.6 Å². The molecule has 0 amide bonds. The zero-order valence-corrected chi connectivity index (χ0v) is 10.4. The molecular formula is C15H15N3O. The second-order valence-electron chi connectivity index (χ2n) is 4.63. The van der Waals surface area contributed by atoms with Gasteiger partial charge >= 0.3 is 0 Å². The van der Waals surface area contributed by atoms with E-state index in [0.717, 1.165) is 17.5 Å². The van der Waals surface area contributed by atoms with Crippen molar-refractivity contribution in [2.24, 2.45) is 0 Å². The number of nitrogen functional groups attached to an aromatic ring is 1. The molecule has 0 saturated carbocycles. The summed E-state index contributed by atoms with van der Waals surface area (Å²) in [4.78, 5) is 11.1. The maximum atomic E-state index is 11.1. The van der Waals surface area contributed by atoms with Gasteiger partial charge in [-0.15, -0.1) is 0 Å². The molecule has 0 aliphatic carbocycles. The summed E-state index contributed by atoms with van der Waals surface area (Å²) in [5.74, 6) is 0. The molecular weight excluding hydrogens is 238 g/mol. The Balaban J connectivity index is 1.92. The van der Waals surface area contributed by atoms with Crippen LogP contribution in [0.2, 0.25) is 0 Å². The first-order valence-electron chi connectivity index (χ1n) is 6.20. The lowest BCUT2D eigenvalue weighted by Crippen LogP contribution is -2.34. The fraction of sp³-hybridized carbons (Fsp3) is 0.133. The van der Waals surface area contributed by atoms with E-state index in [4.69, 9.17) is 5.73 Å². The third-order valence-electron chi connectivity index (χ3n) is 3.29. The van der Waals surface area contributed by atoms with E-state index in [1.807, 2.05) is 41.4 Å². The maximum absolute atomic E-state index is 11.1. The van der Waals surface area contributed by atoms with Crippen molar-refractivity contribution in [3.05, 3.63) is 59.7 Å². The van der Waals surface area contributed by atoms with Gasteiger partial charge in [-0.05, 0) is 23.8 Å². The number of hydrogen-bond acceptors (Lipinski definition) is 4. The minimum atomic E-state index is -0.317. The van der Waals surface area contributed by atoms with Crippen LogP contribution in [0.4, 0.5) is 11.4 Å². The van der Waals surface area contributed by atoms with Crippen molar-refractivity contribution in [2.75, 3.05) is 10.7 Å². The monoisotopic (exact) mass is 253 g/mol. The van der Waals surface area contributed by atoms with Gasteiger partial charge < -0.3 is 15.5 Å². The van der Waals surface area contributed by atoms with Crippen molar-refractivity contribution in [1.82, 2.24) is 5.43 Å². The topological polar surface area (TPSA) is 58.4 Å². The van der Waals surface area contributed by atoms with Crippen LogP contribution < -0.4 is 16.2 Å². The first-order valence-corrected chi connectivity index (χ1v) is 6.20. The highest BCUT2D eigenvalue weighted by atomic mass is 16.1. The third kappa shape index (κ3) is 2.18. The third-order valence-corrected chi connectivity index (χ3v) is 3.29. The zero-order chi connectivity index (χ0) is 13.2. The second kappa shape index (κ2) is 4.74. The lowest BCUT2D eigenvalue weighted by atomic mass is 10.1. The molecule has 0 spiro atoms. The molecule has 19 heavy (non-hydrogen) atoms. The largest absolute Gasteiger partial charge is 0.399 e. The van der Waals surface area contributed by atoms with Crippen LogP contribution in [0.15, 0.2) is 48.5 Å². The number of anilines is 2. The highest BCUT2D eigenvalue weighted by Crippen LogP contribution is 2.34. The molecule has 4 heteroatoms. The first-order chi connectivity index (χ1) is 9.28. The number of hydrazine groups is 1. The van der Waals surface area contributed by atoms with Crippen molar-refractivity contribution in [3.63, 3.8) is 0 Å². The Morgan fingerprint density at radius 2 is 2.00 bits per heavy atom. The van der Waals surface area contributed by atoms with Crippen LogP contribution in [0.1, 0.15) is 17.2 Å². The Morgan fingerprint density at radius 1 is 1.21 bits per heavy atom. The summed E-state index contributed by atoms with van der Waals surface area (Å²) in [6.07, 6.45) is 0.906. The molecule has 0 radical (unpaired) electrons. The Labute approximate surface area is 111 Å². The van der Waals surface area contributed by atoms with Crippen molar-refractivity contribution in [3.8, 4) is 0 Å². The van der Waals surface area contributed by atoms with Gasteiger partial charge in [-0.3, -0.25) is 0 Å². The summed E-state index contributed by atoms with van der Waals surface area (Å²) >= 11 is 0. The molecule has 1 atom stereocenters. The van der Waals surface area contributed by atoms with Crippen molar-refractivity contribution in [1.29, 1.82) is 0 Å². The van der Waals surface area contributed by atoms with Gasteiger partial charge in [-0.25, -0.2) is 5.43 Å². The Bertz CT molecular complexity index is 598. The molecule has 4 nitrogen and oxygen atoms in total. The van der Waals surface area contributed by atoms with E-state index in [-0.39, 0.29) is 6.04 Å². The van der Waals surface area contributed by atoms with Crippen LogP contribution in [-0.2, 0) is 11.3 Å². The van der Waals surface area contributed by atoms with Gasteiger partial charge in [-0.2, -0.15) is 0 Å². The minimum Gasteiger partial charge on any atom is -0.399 e. The molecule has 2 aromatic carbocycles. The molecule has 1 aliphatic heterocycles. The molecule has 0 saturated heterocycles. The van der Waals surface area contributed by atoms with Gasteiger partial charge in [0.05, 0.1) is 12.2 Å². The van der Waals surface area contributed by atoms with Crippen LogP contribution >= 0.6 is 0 Å². The minimum absolute atomic E-state index is 0.317. The van der Waals surface area contributed by atoms with Gasteiger partial charge in [-0.1, -0.05) is 30.3 Å². The Kier molecular flexibility index (Phi) is 2.93. The van der Waals surface area contributed by atoms with E-state index in [0.29, 0.717) is 12.2 Å². The number of carbonyl (C=O) groups excluding carboxylic acids is 1. The average Bonchev–Trinajstić information content (AvgIpc) is 2.77. The van der Waals surface area contributed by atoms with E-state index < -0.39 is 0 Å². The number of benzene rings is 2. The highest BCUT2D eigenvalue weighted by molar-refractivity contribution is 5.74. The van der Waals surface area contributed by atoms with Gasteiger partial charge in [0, 0.05) is 11.3 Å². The molecule has 1 aliphatic rings. The molecule has 0 bridgehead atoms. The van der Waals surface area contributed by atoms with E-state index in [9.17, 15) is 4.79 Å². The molecule has 0 aromatic heterocycles. The molecule has 3 rings (SSSR count). The molecule has 3 N–H and O–H groups in total. The number of nitrogens with one attached hydrogen (secondary N) is 1. The highest BCUT2D eigenvalue weighted by Gasteiger charge is 2.27. The maximum Gasteiger partial charge on any atom is 0.143 e. The predicted molar refractivity (Wildman–Crippen MR) is 75.4 cm³/mol. The number of carbonyl (C=O) groups is 1. The zero-order valence-electron chi connectivity index (χ0n) is 10.4. The summed E-state index contributed by atoms with van der Waals surface area (Å²) in [5.41, 5.74) is 12.8. The van der Waals surface area contributed by atoms with Crippen LogP contribution in [0.25, 0.3) is 0 Å². The lowest BCUT2D eigenvalue weighted by Gasteiger charge is -2.20. The SMILES string of the molecule is Nc1ccc2c(c1)C(C=O)NN2Cc1ccccc1. The second-order valence-corrected chi connectivity index (χ2v) is 4.63. The van der Waals surface area contributed by atoms with Crippen molar-refractivity contribution < 1.29 is 4.79 Å². The standard InChI is InChI=1S/C15H15N3O/c16-12-6-7-15-13(8-12)14(10-19)17-18(15)9-11-4-2-1-3-5-11/h1-8,10,14,17H,9,16H2. The lowest BCUT2D eigenvalue weighted by molar-refractivity contribution is -0.109. The molecule has 96 valence electrons. The quantitative estimate of drug-likeness (QED) is 0.649. The smallest absolute Gasteiger partial charge is 0.143 e. The molecule has 1 heterocycles. The molecule has 0 fully saturated rings. The summed E-state index contributed by atoms with van der Waals surface area (Å²) in [6.45, 7) is 0.710. The van der Waals surface area contributed by atoms with Gasteiger partial charge in [0.15, 0.2) is 0 Å². The van der Waals surface area contributed by atoms with Crippen LogP contribution in [0.3, 0.4) is 0 Å². The predicted octanol–water partition coefficient (Wildman–Crippen LogP) is 2.03. The van der Waals surface area contributed by atoms with Crippen molar-refractivity contribution in [2.45, 2.75) is 12.6 Å². The van der Waals surface area contributed by atoms with Crippen LogP contribution in [-0.4, -0.2) is 6.29 Å². The van der Waals surface area contributed by atoms with Crippen LogP contribution in [0.5, 0.6) is 0 Å². The van der Waals surface area contributed by atoms with E-state index in [1.165, 1.54) is 5.56 Å². The fourth-order valence-corrected chi connectivity index (χ4v) is 2.38. The summed E-state index contributed by atoms with van der Waals surface area (Å²) in [5, 5.41) is 1.99. The van der Waals surface area contributed by atoms with Crippen molar-refractivity contribution >= 4 is 17.7 Å². The fourth-order valence-electron chi connectivity index (χ4n) is 2.38. The Morgan fingerprint density at radius 3 is 2.74 bits per heavy atom. The summed E-state index contributed by atoms with van der Waals surface area (Å²) in [6, 6.07) is 15.5. The van der Waals surface area contributed by atoms with E-state index >= 15 is 0 Å². The van der Waals surface area contributed by atoms with Gasteiger partial charge in [0.1, 0.15) is 12.3 Å². The average molecular weight is 253 g/mol. The number of fused-ring (bicyclic) bond motifs is 1. The Hall–Kier alpha value is -2.33. The van der Waals surface area contributed by atoms with E-state index in [1.54, 1.807) is 0 Å². The number of nitrogens with two attached hydrogens (primary N) is 1. The number of nitrogens with zero attached hydrogens (tertiary/aromatic N) is 1. The molecule has 2 aromatic rings. The summed E-state index contributed by atoms with van der Waals surface area (Å²) in [7, 11) is 0. The number of hydrogen-bond donors (Lipinski definition) is 2. The number of aldehydes is 1. The van der Waals surface area contributed by atoms with Gasteiger partial charge in [0.25, 0.3) is 0 Å². The first kappa shape index (κ1) is 11.7. The summed E-state index contributed by atoms with van der Waals surface area (Å²) < 4.78 is 0. The van der Waals surface area contributed by atoms with Gasteiger partial charge in [0.2, 0.25) is 0 Å². The van der Waals surface area contributed by atoms with Crippen LogP contribution in [0, 0.1) is 0 Å². The number of rotatable bonds is 3. The normalized spacial score (nSPS) is 17.3.